The maximum absolute atomic E-state index is 12.6. The lowest BCUT2D eigenvalue weighted by Gasteiger charge is -2.13. The molecule has 4 N–H and O–H groups in total. The van der Waals surface area contributed by atoms with Crippen molar-refractivity contribution in [1.29, 1.82) is 0 Å². The molecule has 1 aromatic heterocycles. The highest BCUT2D eigenvalue weighted by Crippen LogP contribution is 2.28. The number of benzene rings is 2. The first-order chi connectivity index (χ1) is 13.6. The number of amides is 2. The number of nitrogens with one attached hydrogen (secondary N) is 2. The summed E-state index contributed by atoms with van der Waals surface area (Å²) in [4.78, 5) is 24.5. The molecule has 0 saturated carbocycles. The van der Waals surface area contributed by atoms with Crippen LogP contribution < -0.4 is 15.8 Å². The van der Waals surface area contributed by atoms with Crippen molar-refractivity contribution in [2.24, 2.45) is 5.14 Å². The lowest BCUT2D eigenvalue weighted by Crippen LogP contribution is -2.17. The summed E-state index contributed by atoms with van der Waals surface area (Å²) < 4.78 is 27.9. The van der Waals surface area contributed by atoms with Gasteiger partial charge in [-0.3, -0.25) is 9.59 Å². The molecule has 0 radical (unpaired) electrons. The average molecular weight is 454 g/mol. The van der Waals surface area contributed by atoms with Gasteiger partial charge in [-0.05, 0) is 48.5 Å². The van der Waals surface area contributed by atoms with Gasteiger partial charge in [0.2, 0.25) is 10.0 Å². The van der Waals surface area contributed by atoms with Gasteiger partial charge in [-0.15, -0.1) is 0 Å². The Kier molecular flexibility index (Phi) is 5.94. The number of nitrogens with two attached hydrogens (primary N) is 1. The molecular formula is C18H13Cl2N3O5S. The predicted octanol–water partition coefficient (Wildman–Crippen LogP) is 3.74. The van der Waals surface area contributed by atoms with Crippen molar-refractivity contribution in [3.05, 3.63) is 76.2 Å². The molecule has 0 fully saturated rings. The Morgan fingerprint density at radius 1 is 0.931 bits per heavy atom. The van der Waals surface area contributed by atoms with Crippen molar-refractivity contribution in [3.63, 3.8) is 0 Å². The van der Waals surface area contributed by atoms with Crippen molar-refractivity contribution in [3.8, 4) is 0 Å². The fraction of sp³-hybridized carbons (Fsp3) is 0. The van der Waals surface area contributed by atoms with Crippen LogP contribution in [0.1, 0.15) is 20.9 Å². The molecule has 150 valence electrons. The van der Waals surface area contributed by atoms with Gasteiger partial charge < -0.3 is 15.1 Å². The van der Waals surface area contributed by atoms with Crippen LogP contribution in [-0.4, -0.2) is 20.2 Å². The molecule has 3 aromatic rings. The molecule has 0 aliphatic carbocycles. The van der Waals surface area contributed by atoms with Gasteiger partial charge in [-0.1, -0.05) is 23.2 Å². The molecule has 0 aliphatic rings. The monoisotopic (exact) mass is 453 g/mol. The highest BCUT2D eigenvalue weighted by molar-refractivity contribution is 7.89. The summed E-state index contributed by atoms with van der Waals surface area (Å²) in [6.45, 7) is 0. The van der Waals surface area contributed by atoms with Crippen LogP contribution >= 0.6 is 23.2 Å². The van der Waals surface area contributed by atoms with Gasteiger partial charge >= 0.3 is 0 Å². The highest BCUT2D eigenvalue weighted by atomic mass is 35.5. The number of furan rings is 1. The minimum atomic E-state index is -4.02. The zero-order chi connectivity index (χ0) is 21.2. The Labute approximate surface area is 175 Å². The highest BCUT2D eigenvalue weighted by Gasteiger charge is 2.17. The molecule has 0 unspecified atom stereocenters. The minimum Gasteiger partial charge on any atom is -0.459 e. The second-order valence-electron chi connectivity index (χ2n) is 5.77. The molecule has 11 heteroatoms. The van der Waals surface area contributed by atoms with Crippen molar-refractivity contribution >= 4 is 56.4 Å². The van der Waals surface area contributed by atoms with Gasteiger partial charge in [-0.2, -0.15) is 0 Å². The van der Waals surface area contributed by atoms with Gasteiger partial charge in [0.15, 0.2) is 5.76 Å². The molecule has 2 amide bonds. The average Bonchev–Trinajstić information content (AvgIpc) is 3.17. The molecule has 0 spiro atoms. The molecule has 3 rings (SSSR count). The van der Waals surface area contributed by atoms with E-state index in [4.69, 9.17) is 32.8 Å². The van der Waals surface area contributed by atoms with Crippen LogP contribution in [0, 0.1) is 0 Å². The van der Waals surface area contributed by atoms with Crippen LogP contribution in [-0.2, 0) is 10.0 Å². The second kappa shape index (κ2) is 8.26. The number of halogens is 2. The van der Waals surface area contributed by atoms with Gasteiger partial charge in [0.1, 0.15) is 4.90 Å². The molecule has 2 aromatic carbocycles. The van der Waals surface area contributed by atoms with E-state index < -0.39 is 21.8 Å². The largest absolute Gasteiger partial charge is 0.459 e. The third kappa shape index (κ3) is 4.96. The van der Waals surface area contributed by atoms with E-state index in [1.165, 1.54) is 42.7 Å². The molecule has 0 atom stereocenters. The van der Waals surface area contributed by atoms with Crippen LogP contribution in [0.3, 0.4) is 0 Å². The number of carbonyl (C=O) groups is 2. The molecule has 0 saturated heterocycles. The number of anilines is 2. The first-order valence-corrected chi connectivity index (χ1v) is 10.2. The Morgan fingerprint density at radius 3 is 2.28 bits per heavy atom. The summed E-state index contributed by atoms with van der Waals surface area (Å²) >= 11 is 11.9. The Bertz CT molecular complexity index is 1190. The fourth-order valence-electron chi connectivity index (χ4n) is 2.39. The second-order valence-corrected chi connectivity index (χ2v) is 8.14. The number of sulfonamides is 1. The normalized spacial score (nSPS) is 11.1. The van der Waals surface area contributed by atoms with Crippen LogP contribution in [0.15, 0.2) is 64.1 Å². The first-order valence-electron chi connectivity index (χ1n) is 7.93. The van der Waals surface area contributed by atoms with Gasteiger partial charge in [0.25, 0.3) is 11.8 Å². The number of rotatable bonds is 5. The third-order valence-electron chi connectivity index (χ3n) is 3.72. The molecule has 29 heavy (non-hydrogen) atoms. The third-order valence-corrected chi connectivity index (χ3v) is 5.35. The number of primary sulfonamides is 1. The molecule has 0 aliphatic heterocycles. The van der Waals surface area contributed by atoms with E-state index in [2.05, 4.69) is 10.6 Å². The maximum Gasteiger partial charge on any atom is 0.291 e. The summed E-state index contributed by atoms with van der Waals surface area (Å²) in [6.07, 6.45) is 1.35. The van der Waals surface area contributed by atoms with Crippen molar-refractivity contribution in [1.82, 2.24) is 0 Å². The minimum absolute atomic E-state index is 0.0765. The summed E-state index contributed by atoms with van der Waals surface area (Å²) in [5.41, 5.74) is 0.575. The number of hydrogen-bond acceptors (Lipinski definition) is 5. The SMILES string of the molecule is NS(=O)(=O)c1ccc(C(=O)Nc2ccc(Cl)cc2NC(=O)c2ccco2)cc1Cl. The lowest BCUT2D eigenvalue weighted by atomic mass is 10.2. The zero-order valence-corrected chi connectivity index (χ0v) is 16.8. The Morgan fingerprint density at radius 2 is 1.66 bits per heavy atom. The van der Waals surface area contributed by atoms with Crippen LogP contribution in [0.4, 0.5) is 11.4 Å². The summed E-state index contributed by atoms with van der Waals surface area (Å²) in [7, 11) is -4.02. The molecule has 0 bridgehead atoms. The van der Waals surface area contributed by atoms with Gasteiger partial charge in [0, 0.05) is 10.6 Å². The standard InChI is InChI=1S/C18H13Cl2N3O5S/c19-11-4-5-13(14(9-11)23-18(25)15-2-1-7-28-15)22-17(24)10-3-6-16(12(20)8-10)29(21,26)27/h1-9H,(H,22,24)(H,23,25)(H2,21,26,27). The van der Waals surface area contributed by atoms with E-state index in [-0.39, 0.29) is 32.6 Å². The smallest absolute Gasteiger partial charge is 0.291 e. The van der Waals surface area contributed by atoms with Crippen molar-refractivity contribution < 1.29 is 22.4 Å². The van der Waals surface area contributed by atoms with E-state index in [0.29, 0.717) is 5.02 Å². The topological polar surface area (TPSA) is 132 Å². The Hall–Kier alpha value is -2.85. The van der Waals surface area contributed by atoms with Crippen molar-refractivity contribution in [2.75, 3.05) is 10.6 Å². The summed E-state index contributed by atoms with van der Waals surface area (Å²) in [5.74, 6) is -1.05. The summed E-state index contributed by atoms with van der Waals surface area (Å²) in [6, 6.07) is 11.1. The Balaban J connectivity index is 1.85. The lowest BCUT2D eigenvalue weighted by molar-refractivity contribution is 0.0993. The quantitative estimate of drug-likeness (QED) is 0.541. The van der Waals surface area contributed by atoms with Gasteiger partial charge in [-0.25, -0.2) is 13.6 Å². The van der Waals surface area contributed by atoms with Crippen LogP contribution in [0.2, 0.25) is 10.0 Å². The first kappa shape index (κ1) is 20.9. The zero-order valence-electron chi connectivity index (χ0n) is 14.5. The fourth-order valence-corrected chi connectivity index (χ4v) is 3.65. The maximum atomic E-state index is 12.6. The van der Waals surface area contributed by atoms with E-state index in [1.807, 2.05) is 0 Å². The molecule has 8 nitrogen and oxygen atoms in total. The van der Waals surface area contributed by atoms with E-state index >= 15 is 0 Å². The van der Waals surface area contributed by atoms with Crippen molar-refractivity contribution in [2.45, 2.75) is 4.90 Å². The van der Waals surface area contributed by atoms with Crippen LogP contribution in [0.5, 0.6) is 0 Å². The summed E-state index contributed by atoms with van der Waals surface area (Å²) in [5, 5.41) is 10.4. The van der Waals surface area contributed by atoms with E-state index in [9.17, 15) is 18.0 Å². The molecule has 1 heterocycles. The number of hydrogen-bond donors (Lipinski definition) is 3. The van der Waals surface area contributed by atoms with Crippen LogP contribution in [0.25, 0.3) is 0 Å². The van der Waals surface area contributed by atoms with E-state index in [1.54, 1.807) is 6.07 Å². The van der Waals surface area contributed by atoms with E-state index in [0.717, 1.165) is 6.07 Å². The van der Waals surface area contributed by atoms with Gasteiger partial charge in [0.05, 0.1) is 22.7 Å². The molecular weight excluding hydrogens is 441 g/mol. The predicted molar refractivity (Wildman–Crippen MR) is 109 cm³/mol. The number of carbonyl (C=O) groups excluding carboxylic acids is 2.